The highest BCUT2D eigenvalue weighted by atomic mass is 14.1. The second-order valence-corrected chi connectivity index (χ2v) is 2.92. The average molecular weight is 132 g/mol. The SMILES string of the molecule is C1=CC2=CCCCC2=CC1. The smallest absolute Gasteiger partial charge is 0.0160 e. The minimum absolute atomic E-state index is 1.15. The lowest BCUT2D eigenvalue weighted by Crippen LogP contribution is -1.96. The second-order valence-electron chi connectivity index (χ2n) is 2.92. The Labute approximate surface area is 61.9 Å². The van der Waals surface area contributed by atoms with E-state index in [9.17, 15) is 0 Å². The summed E-state index contributed by atoms with van der Waals surface area (Å²) >= 11 is 0. The van der Waals surface area contributed by atoms with Crippen LogP contribution in [0.1, 0.15) is 25.7 Å². The standard InChI is InChI=1S/C10H12/c1-2-6-10-8-4-3-7-9(10)5-1/h1,5-7H,2-4,8H2. The van der Waals surface area contributed by atoms with E-state index in [0.717, 1.165) is 6.42 Å². The molecular weight excluding hydrogens is 120 g/mol. The largest absolute Gasteiger partial charge is 0.0801 e. The molecule has 0 aromatic carbocycles. The van der Waals surface area contributed by atoms with Crippen molar-refractivity contribution in [3.05, 3.63) is 35.5 Å². The summed E-state index contributed by atoms with van der Waals surface area (Å²) in [5.41, 5.74) is 3.06. The fraction of sp³-hybridized carbons (Fsp3) is 0.400. The average Bonchev–Trinajstić information content (AvgIpc) is 2.05. The number of hydrogen-bond acceptors (Lipinski definition) is 0. The Kier molecular flexibility index (Phi) is 1.46. The summed E-state index contributed by atoms with van der Waals surface area (Å²) in [5, 5.41) is 0. The van der Waals surface area contributed by atoms with Gasteiger partial charge in [0.2, 0.25) is 0 Å². The minimum Gasteiger partial charge on any atom is -0.0801 e. The highest BCUT2D eigenvalue weighted by Gasteiger charge is 2.08. The summed E-state index contributed by atoms with van der Waals surface area (Å²) in [5.74, 6) is 0. The van der Waals surface area contributed by atoms with Crippen LogP contribution in [0.5, 0.6) is 0 Å². The van der Waals surface area contributed by atoms with E-state index in [-0.39, 0.29) is 0 Å². The number of fused-ring (bicyclic) bond motifs is 1. The van der Waals surface area contributed by atoms with Gasteiger partial charge in [-0.25, -0.2) is 0 Å². The van der Waals surface area contributed by atoms with Gasteiger partial charge in [-0.1, -0.05) is 24.3 Å². The molecular formula is C10H12. The third kappa shape index (κ3) is 0.942. The minimum atomic E-state index is 1.15. The van der Waals surface area contributed by atoms with Gasteiger partial charge in [0.25, 0.3) is 0 Å². The lowest BCUT2D eigenvalue weighted by atomic mass is 9.90. The molecule has 0 heterocycles. The molecule has 0 radical (unpaired) electrons. The van der Waals surface area contributed by atoms with Crippen molar-refractivity contribution in [3.63, 3.8) is 0 Å². The maximum Gasteiger partial charge on any atom is -0.0160 e. The zero-order chi connectivity index (χ0) is 6.81. The summed E-state index contributed by atoms with van der Waals surface area (Å²) in [4.78, 5) is 0. The molecule has 0 amide bonds. The van der Waals surface area contributed by atoms with Crippen LogP contribution in [0, 0.1) is 0 Å². The van der Waals surface area contributed by atoms with Crippen LogP contribution in [0.2, 0.25) is 0 Å². The van der Waals surface area contributed by atoms with Gasteiger partial charge in [0, 0.05) is 0 Å². The molecule has 0 aromatic rings. The van der Waals surface area contributed by atoms with Gasteiger partial charge in [-0.2, -0.15) is 0 Å². The summed E-state index contributed by atoms with van der Waals surface area (Å²) in [6, 6.07) is 0. The van der Waals surface area contributed by atoms with Crippen LogP contribution in [-0.4, -0.2) is 0 Å². The fourth-order valence-corrected chi connectivity index (χ4v) is 1.63. The first kappa shape index (κ1) is 5.96. The van der Waals surface area contributed by atoms with E-state index in [2.05, 4.69) is 24.3 Å². The van der Waals surface area contributed by atoms with Crippen LogP contribution in [0.4, 0.5) is 0 Å². The van der Waals surface area contributed by atoms with E-state index in [0.29, 0.717) is 0 Å². The normalized spacial score (nSPS) is 23.2. The lowest BCUT2D eigenvalue weighted by Gasteiger charge is -2.16. The molecule has 0 atom stereocenters. The van der Waals surface area contributed by atoms with Gasteiger partial charge in [0.15, 0.2) is 0 Å². The Bertz CT molecular complexity index is 216. The van der Waals surface area contributed by atoms with E-state index in [1.54, 1.807) is 5.57 Å². The van der Waals surface area contributed by atoms with Crippen LogP contribution in [0.15, 0.2) is 35.5 Å². The molecule has 0 bridgehead atoms. The van der Waals surface area contributed by atoms with Gasteiger partial charge >= 0.3 is 0 Å². The monoisotopic (exact) mass is 132 g/mol. The van der Waals surface area contributed by atoms with E-state index < -0.39 is 0 Å². The first-order valence-corrected chi connectivity index (χ1v) is 4.03. The van der Waals surface area contributed by atoms with Crippen molar-refractivity contribution < 1.29 is 0 Å². The van der Waals surface area contributed by atoms with Gasteiger partial charge in [-0.3, -0.25) is 0 Å². The van der Waals surface area contributed by atoms with Crippen LogP contribution < -0.4 is 0 Å². The molecule has 52 valence electrons. The predicted octanol–water partition coefficient (Wildman–Crippen LogP) is 2.98. The van der Waals surface area contributed by atoms with Crippen LogP contribution in [0.3, 0.4) is 0 Å². The van der Waals surface area contributed by atoms with Crippen LogP contribution in [0.25, 0.3) is 0 Å². The molecule has 2 aliphatic rings. The van der Waals surface area contributed by atoms with Crippen molar-refractivity contribution in [2.24, 2.45) is 0 Å². The summed E-state index contributed by atoms with van der Waals surface area (Å²) in [7, 11) is 0. The Morgan fingerprint density at radius 3 is 3.10 bits per heavy atom. The number of allylic oxidation sites excluding steroid dienone is 6. The highest BCUT2D eigenvalue weighted by molar-refractivity contribution is 5.44. The molecule has 0 N–H and O–H groups in total. The van der Waals surface area contributed by atoms with Crippen molar-refractivity contribution in [1.82, 2.24) is 0 Å². The molecule has 0 aliphatic heterocycles. The predicted molar refractivity (Wildman–Crippen MR) is 43.8 cm³/mol. The molecule has 0 heteroatoms. The third-order valence-corrected chi connectivity index (χ3v) is 2.18. The maximum absolute atomic E-state index is 2.35. The first-order valence-electron chi connectivity index (χ1n) is 4.03. The van der Waals surface area contributed by atoms with Crippen molar-refractivity contribution in [2.45, 2.75) is 25.7 Å². The highest BCUT2D eigenvalue weighted by Crippen LogP contribution is 2.27. The Morgan fingerprint density at radius 1 is 1.20 bits per heavy atom. The lowest BCUT2D eigenvalue weighted by molar-refractivity contribution is 0.802. The molecule has 2 rings (SSSR count). The van der Waals surface area contributed by atoms with Crippen LogP contribution >= 0.6 is 0 Å². The zero-order valence-electron chi connectivity index (χ0n) is 6.14. The number of hydrogen-bond donors (Lipinski definition) is 0. The van der Waals surface area contributed by atoms with Gasteiger partial charge in [0.05, 0.1) is 0 Å². The van der Waals surface area contributed by atoms with Crippen molar-refractivity contribution in [3.8, 4) is 0 Å². The van der Waals surface area contributed by atoms with Crippen molar-refractivity contribution in [2.75, 3.05) is 0 Å². The van der Waals surface area contributed by atoms with Gasteiger partial charge < -0.3 is 0 Å². The van der Waals surface area contributed by atoms with Crippen molar-refractivity contribution >= 4 is 0 Å². The second kappa shape index (κ2) is 2.45. The van der Waals surface area contributed by atoms with E-state index in [1.807, 2.05) is 0 Å². The third-order valence-electron chi connectivity index (χ3n) is 2.18. The molecule has 0 saturated heterocycles. The molecule has 10 heavy (non-hydrogen) atoms. The summed E-state index contributed by atoms with van der Waals surface area (Å²) in [6.45, 7) is 0. The molecule has 0 aromatic heterocycles. The Balaban J connectivity index is 2.32. The summed E-state index contributed by atoms with van der Waals surface area (Å²) in [6.07, 6.45) is 14.3. The fourth-order valence-electron chi connectivity index (χ4n) is 1.63. The van der Waals surface area contributed by atoms with Gasteiger partial charge in [-0.05, 0) is 36.8 Å². The summed E-state index contributed by atoms with van der Waals surface area (Å²) < 4.78 is 0. The Hall–Kier alpha value is -0.780. The van der Waals surface area contributed by atoms with Crippen molar-refractivity contribution in [1.29, 1.82) is 0 Å². The Morgan fingerprint density at radius 2 is 2.20 bits per heavy atom. The van der Waals surface area contributed by atoms with E-state index in [1.165, 1.54) is 24.8 Å². The van der Waals surface area contributed by atoms with Gasteiger partial charge in [0.1, 0.15) is 0 Å². The van der Waals surface area contributed by atoms with E-state index in [4.69, 9.17) is 0 Å². The maximum atomic E-state index is 2.35. The molecule has 0 spiro atoms. The van der Waals surface area contributed by atoms with Crippen LogP contribution in [-0.2, 0) is 0 Å². The molecule has 2 aliphatic carbocycles. The molecule has 0 saturated carbocycles. The zero-order valence-corrected chi connectivity index (χ0v) is 6.14. The molecule has 0 fully saturated rings. The van der Waals surface area contributed by atoms with Gasteiger partial charge in [-0.15, -0.1) is 0 Å². The molecule has 0 nitrogen and oxygen atoms in total. The topological polar surface area (TPSA) is 0 Å². The number of rotatable bonds is 0. The quantitative estimate of drug-likeness (QED) is 0.475. The van der Waals surface area contributed by atoms with E-state index >= 15 is 0 Å². The molecule has 0 unspecified atom stereocenters. The first-order chi connectivity index (χ1) is 4.97.